The van der Waals surface area contributed by atoms with Crippen LogP contribution in [0.15, 0.2) is 42.5 Å². The van der Waals surface area contributed by atoms with Crippen LogP contribution in [0.5, 0.6) is 0 Å². The number of ether oxygens (including phenoxy) is 1. The lowest BCUT2D eigenvalue weighted by Crippen LogP contribution is -2.32. The van der Waals surface area contributed by atoms with Crippen LogP contribution in [0.25, 0.3) is 22.2 Å². The van der Waals surface area contributed by atoms with Crippen LogP contribution in [0, 0.1) is 17.2 Å². The van der Waals surface area contributed by atoms with E-state index in [-0.39, 0.29) is 18.1 Å². The molecule has 7 heteroatoms. The lowest BCUT2D eigenvalue weighted by molar-refractivity contribution is 0.0755. The number of nitrogens with one attached hydrogen (secondary N) is 1. The van der Waals surface area contributed by atoms with E-state index in [1.807, 2.05) is 54.3 Å². The third-order valence-corrected chi connectivity index (χ3v) is 8.06. The summed E-state index contributed by atoms with van der Waals surface area (Å²) in [4.78, 5) is 27.7. The van der Waals surface area contributed by atoms with E-state index in [0.29, 0.717) is 22.7 Å². The lowest BCUT2D eigenvalue weighted by Gasteiger charge is -2.30. The van der Waals surface area contributed by atoms with Crippen LogP contribution in [-0.2, 0) is 4.74 Å². The third-order valence-electron chi connectivity index (χ3n) is 8.06. The van der Waals surface area contributed by atoms with Gasteiger partial charge in [-0.1, -0.05) is 32.0 Å². The standard InChI is InChI=1S/C32H38N4O3/c1-4-17-35(18-5-2)31(37)24-13-16-27-28(20-33)30(36(29(27)19-24)26-7-6-8-26)23-11-14-25(15-12-23)34-32(38)39-21(3)22-9-10-22/h11-16,19,21-22,26H,4-10,17-18H2,1-3H3,(H,34,38)/t21-/m1/s1. The maximum absolute atomic E-state index is 13.4. The number of amides is 2. The van der Waals surface area contributed by atoms with Crippen molar-refractivity contribution in [3.8, 4) is 17.3 Å². The van der Waals surface area contributed by atoms with Crippen LogP contribution in [0.1, 0.15) is 87.7 Å². The van der Waals surface area contributed by atoms with Gasteiger partial charge in [-0.15, -0.1) is 0 Å². The quantitative estimate of drug-likeness (QED) is 0.296. The number of rotatable bonds is 10. The summed E-state index contributed by atoms with van der Waals surface area (Å²) in [5.74, 6) is 0.522. The van der Waals surface area contributed by atoms with E-state index in [1.54, 1.807) is 0 Å². The molecule has 0 spiro atoms. The van der Waals surface area contributed by atoms with Crippen molar-refractivity contribution < 1.29 is 14.3 Å². The van der Waals surface area contributed by atoms with E-state index in [1.165, 1.54) is 0 Å². The fourth-order valence-corrected chi connectivity index (χ4v) is 5.59. The lowest BCUT2D eigenvalue weighted by atomic mass is 9.92. The van der Waals surface area contributed by atoms with Crippen LogP contribution in [-0.4, -0.2) is 40.7 Å². The summed E-state index contributed by atoms with van der Waals surface area (Å²) in [6, 6.07) is 16.1. The summed E-state index contributed by atoms with van der Waals surface area (Å²) >= 11 is 0. The van der Waals surface area contributed by atoms with Crippen molar-refractivity contribution in [2.45, 2.75) is 77.9 Å². The average Bonchev–Trinajstić information content (AvgIpc) is 3.71. The number of anilines is 1. The molecule has 1 aromatic heterocycles. The number of hydrogen-bond acceptors (Lipinski definition) is 4. The number of benzene rings is 2. The van der Waals surface area contributed by atoms with Crippen molar-refractivity contribution >= 4 is 28.6 Å². The zero-order valence-corrected chi connectivity index (χ0v) is 23.2. The van der Waals surface area contributed by atoms with Crippen LogP contribution >= 0.6 is 0 Å². The van der Waals surface area contributed by atoms with Gasteiger partial charge in [-0.05, 0) is 87.6 Å². The third kappa shape index (κ3) is 5.52. The molecule has 204 valence electrons. The van der Waals surface area contributed by atoms with Gasteiger partial charge in [0.05, 0.1) is 16.8 Å². The van der Waals surface area contributed by atoms with Gasteiger partial charge in [-0.3, -0.25) is 10.1 Å². The number of fused-ring (bicyclic) bond motifs is 1. The minimum atomic E-state index is -0.444. The predicted molar refractivity (Wildman–Crippen MR) is 154 cm³/mol. The number of nitriles is 1. The first-order valence-corrected chi connectivity index (χ1v) is 14.4. The monoisotopic (exact) mass is 526 g/mol. The normalized spacial score (nSPS) is 15.8. The van der Waals surface area contributed by atoms with Gasteiger partial charge in [-0.2, -0.15) is 5.26 Å². The van der Waals surface area contributed by atoms with Gasteiger partial charge >= 0.3 is 6.09 Å². The first-order valence-electron chi connectivity index (χ1n) is 14.4. The molecule has 0 bridgehead atoms. The van der Waals surface area contributed by atoms with Crippen LogP contribution in [0.4, 0.5) is 10.5 Å². The number of aromatic nitrogens is 1. The van der Waals surface area contributed by atoms with E-state index < -0.39 is 6.09 Å². The predicted octanol–water partition coefficient (Wildman–Crippen LogP) is 7.51. The number of carbonyl (C=O) groups excluding carboxylic acids is 2. The fraction of sp³-hybridized carbons (Fsp3) is 0.469. The van der Waals surface area contributed by atoms with Gasteiger partial charge in [0, 0.05) is 35.8 Å². The fourth-order valence-electron chi connectivity index (χ4n) is 5.59. The molecule has 0 saturated heterocycles. The van der Waals surface area contributed by atoms with E-state index in [4.69, 9.17) is 4.74 Å². The molecule has 1 atom stereocenters. The Morgan fingerprint density at radius 2 is 1.77 bits per heavy atom. The second kappa shape index (κ2) is 11.5. The molecule has 2 aliphatic carbocycles. The number of hydrogen-bond donors (Lipinski definition) is 1. The Morgan fingerprint density at radius 1 is 1.08 bits per heavy atom. The minimum Gasteiger partial charge on any atom is -0.446 e. The van der Waals surface area contributed by atoms with Gasteiger partial charge in [0.25, 0.3) is 5.91 Å². The highest BCUT2D eigenvalue weighted by molar-refractivity contribution is 6.01. The summed E-state index contributed by atoms with van der Waals surface area (Å²) in [6.07, 6.45) is 6.78. The Hall–Kier alpha value is -3.79. The molecule has 0 unspecified atom stereocenters. The van der Waals surface area contributed by atoms with E-state index >= 15 is 0 Å². The van der Waals surface area contributed by atoms with Crippen molar-refractivity contribution in [2.75, 3.05) is 18.4 Å². The summed E-state index contributed by atoms with van der Waals surface area (Å²) in [5, 5.41) is 14.0. The van der Waals surface area contributed by atoms with Crippen molar-refractivity contribution in [3.63, 3.8) is 0 Å². The molecule has 2 amide bonds. The molecule has 1 N–H and O–H groups in total. The smallest absolute Gasteiger partial charge is 0.411 e. The number of nitrogens with zero attached hydrogens (tertiary/aromatic N) is 3. The SMILES string of the molecule is CCCN(CCC)C(=O)c1ccc2c(C#N)c(-c3ccc(NC(=O)O[C@H](C)C4CC4)cc3)n(C3CCC3)c2c1. The molecular formula is C32H38N4O3. The topological polar surface area (TPSA) is 87.4 Å². The highest BCUT2D eigenvalue weighted by Crippen LogP contribution is 2.43. The Bertz CT molecular complexity index is 1390. The molecule has 1 heterocycles. The first kappa shape index (κ1) is 26.8. The van der Waals surface area contributed by atoms with Gasteiger partial charge in [0.15, 0.2) is 0 Å². The van der Waals surface area contributed by atoms with Crippen molar-refractivity contribution in [1.82, 2.24) is 9.47 Å². The maximum Gasteiger partial charge on any atom is 0.411 e. The molecule has 0 radical (unpaired) electrons. The zero-order chi connectivity index (χ0) is 27.5. The molecule has 2 fully saturated rings. The van der Waals surface area contributed by atoms with Crippen LogP contribution < -0.4 is 5.32 Å². The van der Waals surface area contributed by atoms with E-state index in [2.05, 4.69) is 29.8 Å². The summed E-state index contributed by atoms with van der Waals surface area (Å²) in [5.41, 5.74) is 4.65. The Balaban J connectivity index is 1.49. The molecule has 2 aliphatic rings. The molecular weight excluding hydrogens is 488 g/mol. The Kier molecular flexibility index (Phi) is 7.92. The van der Waals surface area contributed by atoms with E-state index in [9.17, 15) is 14.9 Å². The molecule has 2 aromatic carbocycles. The van der Waals surface area contributed by atoms with Crippen molar-refractivity contribution in [3.05, 3.63) is 53.6 Å². The summed E-state index contributed by atoms with van der Waals surface area (Å²) in [7, 11) is 0. The number of carbonyl (C=O) groups is 2. The molecule has 7 nitrogen and oxygen atoms in total. The summed E-state index contributed by atoms with van der Waals surface area (Å²) < 4.78 is 7.76. The van der Waals surface area contributed by atoms with Gasteiger partial charge in [-0.25, -0.2) is 4.79 Å². The molecule has 2 saturated carbocycles. The van der Waals surface area contributed by atoms with Gasteiger partial charge < -0.3 is 14.2 Å². The largest absolute Gasteiger partial charge is 0.446 e. The van der Waals surface area contributed by atoms with Crippen molar-refractivity contribution in [2.24, 2.45) is 5.92 Å². The highest BCUT2D eigenvalue weighted by atomic mass is 16.6. The first-order chi connectivity index (χ1) is 18.9. The molecule has 3 aromatic rings. The van der Waals surface area contributed by atoms with Crippen LogP contribution in [0.3, 0.4) is 0 Å². The van der Waals surface area contributed by atoms with Gasteiger partial charge in [0.1, 0.15) is 12.2 Å². The average molecular weight is 527 g/mol. The second-order valence-electron chi connectivity index (χ2n) is 11.0. The Morgan fingerprint density at radius 3 is 2.33 bits per heavy atom. The van der Waals surface area contributed by atoms with Gasteiger partial charge in [0.2, 0.25) is 0 Å². The minimum absolute atomic E-state index is 0.0420. The maximum atomic E-state index is 13.4. The molecule has 0 aliphatic heterocycles. The highest BCUT2D eigenvalue weighted by Gasteiger charge is 2.31. The zero-order valence-electron chi connectivity index (χ0n) is 23.2. The van der Waals surface area contributed by atoms with Crippen molar-refractivity contribution in [1.29, 1.82) is 5.26 Å². The van der Waals surface area contributed by atoms with E-state index in [0.717, 1.165) is 80.2 Å². The second-order valence-corrected chi connectivity index (χ2v) is 11.0. The molecule has 5 rings (SSSR count). The Labute approximate surface area is 230 Å². The molecule has 39 heavy (non-hydrogen) atoms. The summed E-state index contributed by atoms with van der Waals surface area (Å²) in [6.45, 7) is 7.58. The van der Waals surface area contributed by atoms with Crippen LogP contribution in [0.2, 0.25) is 0 Å².